The number of nitrogens with one attached hydrogen (secondary N) is 3. The predicted octanol–water partition coefficient (Wildman–Crippen LogP) is 2.18. The number of hydrogen-bond donors (Lipinski definition) is 3. The van der Waals surface area contributed by atoms with Gasteiger partial charge in [0.15, 0.2) is 5.82 Å². The number of anilines is 3. The number of aromatic nitrogens is 4. The highest BCUT2D eigenvalue weighted by atomic mass is 15.2. The number of rotatable bonds is 6. The summed E-state index contributed by atoms with van der Waals surface area (Å²) in [4.78, 5) is 11.2. The van der Waals surface area contributed by atoms with Gasteiger partial charge in [-0.3, -0.25) is 5.10 Å². The van der Waals surface area contributed by atoms with E-state index in [1.807, 2.05) is 6.07 Å². The normalized spacial score (nSPS) is 21.5. The van der Waals surface area contributed by atoms with Crippen molar-refractivity contribution >= 4 is 17.6 Å². The van der Waals surface area contributed by atoms with Gasteiger partial charge in [-0.2, -0.15) is 10.1 Å². The van der Waals surface area contributed by atoms with Crippen LogP contribution in [-0.2, 0) is 0 Å². The molecule has 2 fully saturated rings. The topological polar surface area (TPSA) is 81.8 Å². The fourth-order valence-corrected chi connectivity index (χ4v) is 3.08. The maximum absolute atomic E-state index is 4.52. The Hall–Kier alpha value is -2.15. The van der Waals surface area contributed by atoms with E-state index < -0.39 is 0 Å². The second-order valence-electron chi connectivity index (χ2n) is 6.67. The van der Waals surface area contributed by atoms with Crippen molar-refractivity contribution in [1.29, 1.82) is 0 Å². The van der Waals surface area contributed by atoms with Gasteiger partial charge in [0.1, 0.15) is 5.82 Å². The second kappa shape index (κ2) is 6.16. The average molecular weight is 313 g/mol. The lowest BCUT2D eigenvalue weighted by Crippen LogP contribution is -2.19. The fourth-order valence-electron chi connectivity index (χ4n) is 3.08. The SMILES string of the molecule is CN1CCC(CNc2nccc(Nc3cc(C4CC4)[nH]n3)n2)C1. The Morgan fingerprint density at radius 3 is 3.00 bits per heavy atom. The lowest BCUT2D eigenvalue weighted by molar-refractivity contribution is 0.399. The molecule has 0 aromatic carbocycles. The largest absolute Gasteiger partial charge is 0.354 e. The molecule has 7 nitrogen and oxygen atoms in total. The van der Waals surface area contributed by atoms with Crippen LogP contribution in [-0.4, -0.2) is 51.7 Å². The first-order chi connectivity index (χ1) is 11.3. The van der Waals surface area contributed by atoms with Crippen molar-refractivity contribution < 1.29 is 0 Å². The minimum Gasteiger partial charge on any atom is -0.354 e. The van der Waals surface area contributed by atoms with Crippen LogP contribution in [0.2, 0.25) is 0 Å². The highest BCUT2D eigenvalue weighted by molar-refractivity contribution is 5.53. The zero-order chi connectivity index (χ0) is 15.6. The first-order valence-electron chi connectivity index (χ1n) is 8.34. The number of hydrogen-bond acceptors (Lipinski definition) is 6. The van der Waals surface area contributed by atoms with E-state index in [0.717, 1.165) is 24.7 Å². The smallest absolute Gasteiger partial charge is 0.224 e. The summed E-state index contributed by atoms with van der Waals surface area (Å²) in [6.45, 7) is 3.24. The quantitative estimate of drug-likeness (QED) is 0.758. The van der Waals surface area contributed by atoms with Crippen molar-refractivity contribution in [3.05, 3.63) is 24.0 Å². The van der Waals surface area contributed by atoms with Gasteiger partial charge in [0.05, 0.1) is 0 Å². The Balaban J connectivity index is 1.35. The van der Waals surface area contributed by atoms with Crippen molar-refractivity contribution in [2.24, 2.45) is 5.92 Å². The molecule has 1 saturated heterocycles. The highest BCUT2D eigenvalue weighted by Crippen LogP contribution is 2.39. The van der Waals surface area contributed by atoms with Crippen LogP contribution in [0.5, 0.6) is 0 Å². The second-order valence-corrected chi connectivity index (χ2v) is 6.67. The Morgan fingerprint density at radius 2 is 2.22 bits per heavy atom. The molecular formula is C16H23N7. The molecule has 1 aliphatic heterocycles. The number of nitrogens with zero attached hydrogens (tertiary/aromatic N) is 4. The summed E-state index contributed by atoms with van der Waals surface area (Å²) in [7, 11) is 2.17. The summed E-state index contributed by atoms with van der Waals surface area (Å²) in [6, 6.07) is 3.93. The number of likely N-dealkylation sites (tertiary alicyclic amines) is 1. The van der Waals surface area contributed by atoms with Gasteiger partial charge >= 0.3 is 0 Å². The van der Waals surface area contributed by atoms with Gasteiger partial charge in [-0.15, -0.1) is 0 Å². The standard InChI is InChI=1S/C16H23N7/c1-23-7-5-11(10-23)9-18-16-17-6-4-14(20-16)19-15-8-13(21-22-15)12-2-3-12/h4,6,8,11-12H,2-3,5,7,9-10H2,1H3,(H3,17,18,19,20,21,22). The van der Waals surface area contributed by atoms with Crippen LogP contribution in [0.25, 0.3) is 0 Å². The van der Waals surface area contributed by atoms with Crippen LogP contribution in [0.15, 0.2) is 18.3 Å². The molecule has 0 bridgehead atoms. The van der Waals surface area contributed by atoms with Crippen LogP contribution in [0.4, 0.5) is 17.6 Å². The van der Waals surface area contributed by atoms with Gasteiger partial charge in [-0.1, -0.05) is 0 Å². The molecule has 1 aliphatic carbocycles. The van der Waals surface area contributed by atoms with E-state index in [9.17, 15) is 0 Å². The third kappa shape index (κ3) is 3.61. The molecule has 23 heavy (non-hydrogen) atoms. The van der Waals surface area contributed by atoms with Gasteiger partial charge in [0.2, 0.25) is 5.95 Å². The third-order valence-electron chi connectivity index (χ3n) is 4.56. The molecule has 0 amide bonds. The van der Waals surface area contributed by atoms with Gasteiger partial charge in [-0.05, 0) is 44.8 Å². The van der Waals surface area contributed by atoms with Crippen LogP contribution in [0, 0.1) is 5.92 Å². The monoisotopic (exact) mass is 313 g/mol. The molecule has 1 unspecified atom stereocenters. The lowest BCUT2D eigenvalue weighted by atomic mass is 10.1. The van der Waals surface area contributed by atoms with E-state index in [0.29, 0.717) is 17.8 Å². The van der Waals surface area contributed by atoms with Crippen molar-refractivity contribution in [3.8, 4) is 0 Å². The maximum Gasteiger partial charge on any atom is 0.224 e. The maximum atomic E-state index is 4.52. The lowest BCUT2D eigenvalue weighted by Gasteiger charge is -2.12. The van der Waals surface area contributed by atoms with Crippen LogP contribution in [0.3, 0.4) is 0 Å². The Kier molecular flexibility index (Phi) is 3.87. The van der Waals surface area contributed by atoms with Crippen LogP contribution < -0.4 is 10.6 Å². The highest BCUT2D eigenvalue weighted by Gasteiger charge is 2.25. The minimum absolute atomic E-state index is 0.669. The van der Waals surface area contributed by atoms with Crippen LogP contribution in [0.1, 0.15) is 30.9 Å². The molecule has 3 heterocycles. The molecule has 1 saturated carbocycles. The van der Waals surface area contributed by atoms with Gasteiger partial charge < -0.3 is 15.5 Å². The molecular weight excluding hydrogens is 290 g/mol. The Morgan fingerprint density at radius 1 is 1.30 bits per heavy atom. The predicted molar refractivity (Wildman–Crippen MR) is 90.0 cm³/mol. The van der Waals surface area contributed by atoms with E-state index >= 15 is 0 Å². The van der Waals surface area contributed by atoms with Gasteiger partial charge in [0.25, 0.3) is 0 Å². The molecule has 3 N–H and O–H groups in total. The van der Waals surface area contributed by atoms with E-state index in [4.69, 9.17) is 0 Å². The zero-order valence-corrected chi connectivity index (χ0v) is 13.4. The first kappa shape index (κ1) is 14.4. The van der Waals surface area contributed by atoms with Crippen molar-refractivity contribution in [2.75, 3.05) is 37.3 Å². The van der Waals surface area contributed by atoms with Crippen molar-refractivity contribution in [2.45, 2.75) is 25.2 Å². The third-order valence-corrected chi connectivity index (χ3v) is 4.56. The average Bonchev–Trinajstić information content (AvgIpc) is 3.16. The van der Waals surface area contributed by atoms with Crippen molar-refractivity contribution in [1.82, 2.24) is 25.1 Å². The molecule has 122 valence electrons. The van der Waals surface area contributed by atoms with Gasteiger partial charge in [0, 0.05) is 37.0 Å². The Bertz CT molecular complexity index is 664. The van der Waals surface area contributed by atoms with E-state index in [-0.39, 0.29) is 0 Å². The molecule has 2 aromatic heterocycles. The molecule has 0 radical (unpaired) electrons. The summed E-state index contributed by atoms with van der Waals surface area (Å²) in [5.74, 6) is 3.59. The summed E-state index contributed by atoms with van der Waals surface area (Å²) >= 11 is 0. The molecule has 1 atom stereocenters. The van der Waals surface area contributed by atoms with E-state index in [2.05, 4.69) is 48.8 Å². The molecule has 0 spiro atoms. The fraction of sp³-hybridized carbons (Fsp3) is 0.562. The summed E-state index contributed by atoms with van der Waals surface area (Å²) in [5, 5.41) is 14.0. The minimum atomic E-state index is 0.669. The van der Waals surface area contributed by atoms with Crippen molar-refractivity contribution in [3.63, 3.8) is 0 Å². The molecule has 2 aromatic rings. The first-order valence-corrected chi connectivity index (χ1v) is 8.34. The summed E-state index contributed by atoms with van der Waals surface area (Å²) in [6.07, 6.45) is 5.53. The summed E-state index contributed by atoms with van der Waals surface area (Å²) < 4.78 is 0. The molecule has 2 aliphatic rings. The van der Waals surface area contributed by atoms with E-state index in [1.165, 1.54) is 31.5 Å². The number of aromatic amines is 1. The van der Waals surface area contributed by atoms with E-state index in [1.54, 1.807) is 6.20 Å². The molecule has 7 heteroatoms. The number of H-pyrrole nitrogens is 1. The Labute approximate surface area is 135 Å². The summed E-state index contributed by atoms with van der Waals surface area (Å²) in [5.41, 5.74) is 1.21. The molecule has 4 rings (SSSR count). The zero-order valence-electron chi connectivity index (χ0n) is 13.4. The van der Waals surface area contributed by atoms with Crippen LogP contribution >= 0.6 is 0 Å². The van der Waals surface area contributed by atoms with Gasteiger partial charge in [-0.25, -0.2) is 4.98 Å².